The van der Waals surface area contributed by atoms with Crippen LogP contribution < -0.4 is 0 Å². The molecule has 0 heterocycles. The lowest BCUT2D eigenvalue weighted by Crippen LogP contribution is -2.43. The summed E-state index contributed by atoms with van der Waals surface area (Å²) in [5, 5.41) is 0. The maximum Gasteiger partial charge on any atom is -0.0287 e. The van der Waals surface area contributed by atoms with E-state index in [9.17, 15) is 0 Å². The maximum absolute atomic E-state index is 2.41. The summed E-state index contributed by atoms with van der Waals surface area (Å²) < 4.78 is 0. The molecule has 4 atom stereocenters. The Balaban J connectivity index is 1.36. The van der Waals surface area contributed by atoms with Crippen molar-refractivity contribution in [3.05, 3.63) is 0 Å². The first-order valence-corrected chi connectivity index (χ1v) is 12.2. The Bertz CT molecular complexity index is 412. The van der Waals surface area contributed by atoms with Gasteiger partial charge in [-0.2, -0.15) is 0 Å². The van der Waals surface area contributed by atoms with Gasteiger partial charge in [-0.3, -0.25) is 0 Å². The molecule has 4 saturated carbocycles. The van der Waals surface area contributed by atoms with Gasteiger partial charge in [-0.15, -0.1) is 0 Å². The molecule has 1 spiro atoms. The molecule has 0 aromatic carbocycles. The Morgan fingerprint density at radius 3 is 2.00 bits per heavy atom. The SMILES string of the molecule is CCCC1CCCC(C2CC3(CC(CCC)CCC(C4CC4)C3)C2)C1. The van der Waals surface area contributed by atoms with Gasteiger partial charge in [0.05, 0.1) is 0 Å². The summed E-state index contributed by atoms with van der Waals surface area (Å²) in [6.07, 6.45) is 25.0. The van der Waals surface area contributed by atoms with Crippen LogP contribution in [0, 0.1) is 40.9 Å². The molecule has 4 unspecified atom stereocenters. The molecule has 0 aliphatic heterocycles. The van der Waals surface area contributed by atoms with E-state index in [-0.39, 0.29) is 0 Å². The lowest BCUT2D eigenvalue weighted by atomic mass is 9.51. The van der Waals surface area contributed by atoms with Crippen LogP contribution in [0.5, 0.6) is 0 Å². The third kappa shape index (κ3) is 4.30. The molecule has 144 valence electrons. The highest BCUT2D eigenvalue weighted by Crippen LogP contribution is 2.62. The van der Waals surface area contributed by atoms with Gasteiger partial charge in [0.15, 0.2) is 0 Å². The summed E-state index contributed by atoms with van der Waals surface area (Å²) in [7, 11) is 0. The topological polar surface area (TPSA) is 0 Å². The van der Waals surface area contributed by atoms with Crippen LogP contribution in [-0.2, 0) is 0 Å². The summed E-state index contributed by atoms with van der Waals surface area (Å²) in [4.78, 5) is 0. The molecule has 0 N–H and O–H groups in total. The first-order valence-electron chi connectivity index (χ1n) is 12.2. The highest BCUT2D eigenvalue weighted by molar-refractivity contribution is 5.02. The normalized spacial score (nSPS) is 45.1. The molecule has 0 radical (unpaired) electrons. The van der Waals surface area contributed by atoms with E-state index in [0.717, 1.165) is 40.9 Å². The van der Waals surface area contributed by atoms with Crippen molar-refractivity contribution < 1.29 is 0 Å². The average Bonchev–Trinajstić information content (AvgIpc) is 3.40. The van der Waals surface area contributed by atoms with Crippen molar-refractivity contribution in [3.8, 4) is 0 Å². The molecule has 0 amide bonds. The van der Waals surface area contributed by atoms with E-state index in [0.29, 0.717) is 0 Å². The van der Waals surface area contributed by atoms with Crippen molar-refractivity contribution in [1.82, 2.24) is 0 Å². The Labute approximate surface area is 157 Å². The van der Waals surface area contributed by atoms with Gasteiger partial charge in [-0.05, 0) is 92.3 Å². The first-order chi connectivity index (χ1) is 12.2. The molecule has 4 rings (SSSR count). The molecule has 0 bridgehead atoms. The van der Waals surface area contributed by atoms with Gasteiger partial charge in [0.25, 0.3) is 0 Å². The van der Waals surface area contributed by atoms with Crippen LogP contribution in [0.25, 0.3) is 0 Å². The van der Waals surface area contributed by atoms with Gasteiger partial charge >= 0.3 is 0 Å². The van der Waals surface area contributed by atoms with Crippen LogP contribution in [0.2, 0.25) is 0 Å². The van der Waals surface area contributed by atoms with Gasteiger partial charge in [0.2, 0.25) is 0 Å². The van der Waals surface area contributed by atoms with Gasteiger partial charge in [0, 0.05) is 0 Å². The minimum absolute atomic E-state index is 0.811. The fourth-order valence-electron chi connectivity index (χ4n) is 7.68. The van der Waals surface area contributed by atoms with E-state index in [1.165, 1.54) is 25.7 Å². The third-order valence-electron chi connectivity index (χ3n) is 8.93. The van der Waals surface area contributed by atoms with E-state index >= 15 is 0 Å². The van der Waals surface area contributed by atoms with Gasteiger partial charge in [0.1, 0.15) is 0 Å². The zero-order chi connectivity index (χ0) is 17.3. The standard InChI is InChI=1S/C25H44/c1-3-6-19-8-5-9-22(14-19)24-17-25(18-24)15-20(7-4-2)10-11-23(16-25)21-12-13-21/h19-24H,3-18H2,1-2H3. The number of hydrogen-bond donors (Lipinski definition) is 0. The van der Waals surface area contributed by atoms with Crippen molar-refractivity contribution in [3.63, 3.8) is 0 Å². The Hall–Kier alpha value is 0. The van der Waals surface area contributed by atoms with Crippen molar-refractivity contribution in [2.75, 3.05) is 0 Å². The number of rotatable bonds is 6. The largest absolute Gasteiger partial charge is 0.0654 e. The van der Waals surface area contributed by atoms with Crippen molar-refractivity contribution in [2.45, 2.75) is 117 Å². The van der Waals surface area contributed by atoms with E-state index in [4.69, 9.17) is 0 Å². The van der Waals surface area contributed by atoms with Crippen molar-refractivity contribution in [1.29, 1.82) is 0 Å². The van der Waals surface area contributed by atoms with Crippen LogP contribution in [0.15, 0.2) is 0 Å². The molecule has 0 heteroatoms. The molecular weight excluding hydrogens is 300 g/mol. The van der Waals surface area contributed by atoms with Gasteiger partial charge in [-0.1, -0.05) is 65.2 Å². The smallest absolute Gasteiger partial charge is 0.0287 e. The third-order valence-corrected chi connectivity index (χ3v) is 8.93. The number of hydrogen-bond acceptors (Lipinski definition) is 0. The minimum Gasteiger partial charge on any atom is -0.0654 e. The zero-order valence-electron chi connectivity index (χ0n) is 17.3. The molecule has 0 nitrogen and oxygen atoms in total. The maximum atomic E-state index is 2.41. The van der Waals surface area contributed by atoms with Crippen molar-refractivity contribution in [2.24, 2.45) is 40.9 Å². The highest BCUT2D eigenvalue weighted by Gasteiger charge is 2.51. The second-order valence-corrected chi connectivity index (χ2v) is 11.0. The quantitative estimate of drug-likeness (QED) is 0.458. The molecule has 0 aromatic rings. The predicted molar refractivity (Wildman–Crippen MR) is 109 cm³/mol. The van der Waals surface area contributed by atoms with Crippen LogP contribution in [0.3, 0.4) is 0 Å². The van der Waals surface area contributed by atoms with E-state index in [2.05, 4.69) is 13.8 Å². The zero-order valence-corrected chi connectivity index (χ0v) is 17.3. The molecule has 25 heavy (non-hydrogen) atoms. The lowest BCUT2D eigenvalue weighted by Gasteiger charge is -2.54. The Kier molecular flexibility index (Phi) is 5.83. The highest BCUT2D eigenvalue weighted by atomic mass is 14.6. The van der Waals surface area contributed by atoms with Crippen LogP contribution in [0.4, 0.5) is 0 Å². The summed E-state index contributed by atoms with van der Waals surface area (Å²) >= 11 is 0. The summed E-state index contributed by atoms with van der Waals surface area (Å²) in [5.74, 6) is 6.68. The molecule has 0 saturated heterocycles. The first kappa shape index (κ1) is 18.4. The summed E-state index contributed by atoms with van der Waals surface area (Å²) in [6.45, 7) is 4.80. The molecule has 4 aliphatic rings. The molecular formula is C25H44. The molecule has 4 aliphatic carbocycles. The van der Waals surface area contributed by atoms with E-state index in [1.54, 1.807) is 77.0 Å². The van der Waals surface area contributed by atoms with Gasteiger partial charge in [-0.25, -0.2) is 0 Å². The van der Waals surface area contributed by atoms with Crippen LogP contribution >= 0.6 is 0 Å². The fourth-order valence-corrected chi connectivity index (χ4v) is 7.68. The van der Waals surface area contributed by atoms with Crippen LogP contribution in [-0.4, -0.2) is 0 Å². The van der Waals surface area contributed by atoms with Crippen molar-refractivity contribution >= 4 is 0 Å². The predicted octanol–water partition coefficient (Wildman–Crippen LogP) is 8.01. The second-order valence-electron chi connectivity index (χ2n) is 11.0. The fraction of sp³-hybridized carbons (Fsp3) is 1.00. The van der Waals surface area contributed by atoms with Gasteiger partial charge < -0.3 is 0 Å². The monoisotopic (exact) mass is 344 g/mol. The lowest BCUT2D eigenvalue weighted by molar-refractivity contribution is -0.0332. The van der Waals surface area contributed by atoms with E-state index < -0.39 is 0 Å². The summed E-state index contributed by atoms with van der Waals surface area (Å²) in [6, 6.07) is 0. The van der Waals surface area contributed by atoms with Crippen LogP contribution in [0.1, 0.15) is 117 Å². The average molecular weight is 345 g/mol. The molecule has 0 aromatic heterocycles. The summed E-state index contributed by atoms with van der Waals surface area (Å²) in [5.41, 5.74) is 0.811. The minimum atomic E-state index is 0.811. The second kappa shape index (κ2) is 7.93. The molecule has 4 fully saturated rings. The Morgan fingerprint density at radius 2 is 1.28 bits per heavy atom. The van der Waals surface area contributed by atoms with E-state index in [1.807, 2.05) is 0 Å². The Morgan fingerprint density at radius 1 is 0.600 bits per heavy atom.